The minimum absolute atomic E-state index is 0.0135. The second kappa shape index (κ2) is 7.74. The lowest BCUT2D eigenvalue weighted by atomic mass is 10.2. The van der Waals surface area contributed by atoms with Crippen LogP contribution in [0.1, 0.15) is 16.1 Å². The molecular formula is C18H22N4O2S. The molecule has 0 saturated carbocycles. The molecule has 0 spiro atoms. The zero-order chi connectivity index (χ0) is 17.8. The number of aryl methyl sites for hydroxylation is 1. The molecule has 7 heteroatoms. The molecule has 3 rings (SSSR count). The van der Waals surface area contributed by atoms with Crippen LogP contribution in [0.5, 0.6) is 5.75 Å². The molecule has 0 N–H and O–H groups in total. The number of benzene rings is 1. The number of hydrogen-bond acceptors (Lipinski definition) is 6. The van der Waals surface area contributed by atoms with Crippen molar-refractivity contribution >= 4 is 23.4 Å². The normalized spacial score (nSPS) is 14.5. The largest absolute Gasteiger partial charge is 0.497 e. The van der Waals surface area contributed by atoms with Crippen LogP contribution in [0.2, 0.25) is 0 Å². The highest BCUT2D eigenvalue weighted by molar-refractivity contribution is 7.98. The molecule has 1 aliphatic heterocycles. The third-order valence-corrected chi connectivity index (χ3v) is 4.94. The van der Waals surface area contributed by atoms with Crippen LogP contribution >= 0.6 is 11.8 Å². The summed E-state index contributed by atoms with van der Waals surface area (Å²) in [4.78, 5) is 25.5. The Morgan fingerprint density at radius 1 is 1.16 bits per heavy atom. The first-order valence-electron chi connectivity index (χ1n) is 8.18. The van der Waals surface area contributed by atoms with Crippen LogP contribution in [0, 0.1) is 6.92 Å². The Kier molecular flexibility index (Phi) is 5.43. The van der Waals surface area contributed by atoms with Gasteiger partial charge in [-0.25, -0.2) is 9.97 Å². The Morgan fingerprint density at radius 3 is 2.40 bits per heavy atom. The standard InChI is InChI=1S/C18H22N4O2S/c1-13-16(12-19-18(20-13)25-3)17(23)22-10-8-21(9-11-22)14-4-6-15(24-2)7-5-14/h4-7,12H,8-11H2,1-3H3. The third kappa shape index (κ3) is 3.87. The summed E-state index contributed by atoms with van der Waals surface area (Å²) in [6.07, 6.45) is 3.57. The number of thioether (sulfide) groups is 1. The SMILES string of the molecule is COc1ccc(N2CCN(C(=O)c3cnc(SC)nc3C)CC2)cc1. The summed E-state index contributed by atoms with van der Waals surface area (Å²) in [5.41, 5.74) is 2.48. The summed E-state index contributed by atoms with van der Waals surface area (Å²) in [5, 5.41) is 0.693. The van der Waals surface area contributed by atoms with Crippen molar-refractivity contribution in [3.05, 3.63) is 41.7 Å². The molecular weight excluding hydrogens is 336 g/mol. The second-order valence-electron chi connectivity index (χ2n) is 5.83. The second-order valence-corrected chi connectivity index (χ2v) is 6.61. The Hall–Kier alpha value is -2.28. The number of ether oxygens (including phenoxy) is 1. The summed E-state index contributed by atoms with van der Waals surface area (Å²) in [7, 11) is 1.66. The van der Waals surface area contributed by atoms with Gasteiger partial charge in [0.2, 0.25) is 0 Å². The van der Waals surface area contributed by atoms with Crippen LogP contribution < -0.4 is 9.64 Å². The first kappa shape index (κ1) is 17.5. The van der Waals surface area contributed by atoms with E-state index in [-0.39, 0.29) is 5.91 Å². The maximum Gasteiger partial charge on any atom is 0.257 e. The lowest BCUT2D eigenvalue weighted by Gasteiger charge is -2.36. The van der Waals surface area contributed by atoms with Gasteiger partial charge in [-0.05, 0) is 37.4 Å². The Labute approximate surface area is 152 Å². The van der Waals surface area contributed by atoms with Gasteiger partial charge < -0.3 is 14.5 Å². The van der Waals surface area contributed by atoms with Gasteiger partial charge in [-0.2, -0.15) is 0 Å². The molecule has 2 aromatic rings. The average molecular weight is 358 g/mol. The van der Waals surface area contributed by atoms with Crippen molar-refractivity contribution in [2.45, 2.75) is 12.1 Å². The topological polar surface area (TPSA) is 58.6 Å². The van der Waals surface area contributed by atoms with Gasteiger partial charge in [0.05, 0.1) is 18.4 Å². The van der Waals surface area contributed by atoms with Crippen LogP contribution in [-0.2, 0) is 0 Å². The van der Waals surface area contributed by atoms with Gasteiger partial charge in [-0.1, -0.05) is 11.8 Å². The van der Waals surface area contributed by atoms with Crippen molar-refractivity contribution in [2.24, 2.45) is 0 Å². The molecule has 2 heterocycles. The van der Waals surface area contributed by atoms with Gasteiger partial charge in [0.25, 0.3) is 5.91 Å². The predicted molar refractivity (Wildman–Crippen MR) is 99.7 cm³/mol. The van der Waals surface area contributed by atoms with Crippen molar-refractivity contribution in [3.8, 4) is 5.75 Å². The van der Waals surface area contributed by atoms with Gasteiger partial charge >= 0.3 is 0 Å². The van der Waals surface area contributed by atoms with E-state index in [9.17, 15) is 4.79 Å². The quantitative estimate of drug-likeness (QED) is 0.618. The van der Waals surface area contributed by atoms with Crippen molar-refractivity contribution in [3.63, 3.8) is 0 Å². The number of carbonyl (C=O) groups excluding carboxylic acids is 1. The number of carbonyl (C=O) groups is 1. The number of nitrogens with zero attached hydrogens (tertiary/aromatic N) is 4. The fraction of sp³-hybridized carbons (Fsp3) is 0.389. The van der Waals surface area contributed by atoms with Gasteiger partial charge in [-0.3, -0.25) is 4.79 Å². The van der Waals surface area contributed by atoms with E-state index < -0.39 is 0 Å². The lowest BCUT2D eigenvalue weighted by Crippen LogP contribution is -2.49. The summed E-state index contributed by atoms with van der Waals surface area (Å²) >= 11 is 1.48. The molecule has 1 aliphatic rings. The van der Waals surface area contributed by atoms with E-state index in [1.807, 2.05) is 30.2 Å². The Morgan fingerprint density at radius 2 is 1.84 bits per heavy atom. The molecule has 0 bridgehead atoms. The number of rotatable bonds is 4. The van der Waals surface area contributed by atoms with Crippen LogP contribution in [0.3, 0.4) is 0 Å². The van der Waals surface area contributed by atoms with E-state index in [1.165, 1.54) is 11.8 Å². The van der Waals surface area contributed by atoms with Crippen molar-refractivity contribution in [1.29, 1.82) is 0 Å². The van der Waals surface area contributed by atoms with Gasteiger partial charge in [0.1, 0.15) is 5.75 Å². The van der Waals surface area contributed by atoms with Gasteiger partial charge in [-0.15, -0.1) is 0 Å². The molecule has 1 aromatic carbocycles. The third-order valence-electron chi connectivity index (χ3n) is 4.37. The Balaban J connectivity index is 1.64. The molecule has 1 saturated heterocycles. The molecule has 1 aromatic heterocycles. The van der Waals surface area contributed by atoms with Crippen molar-refractivity contribution < 1.29 is 9.53 Å². The van der Waals surface area contributed by atoms with Crippen LogP contribution in [-0.4, -0.2) is 60.3 Å². The van der Waals surface area contributed by atoms with E-state index in [1.54, 1.807) is 13.3 Å². The highest BCUT2D eigenvalue weighted by Crippen LogP contribution is 2.21. The van der Waals surface area contributed by atoms with E-state index in [0.29, 0.717) is 23.8 Å². The van der Waals surface area contributed by atoms with E-state index in [0.717, 1.165) is 30.2 Å². The molecule has 0 radical (unpaired) electrons. The minimum atomic E-state index is 0.0135. The molecule has 1 amide bonds. The summed E-state index contributed by atoms with van der Waals surface area (Å²) < 4.78 is 5.20. The highest BCUT2D eigenvalue weighted by atomic mass is 32.2. The lowest BCUT2D eigenvalue weighted by molar-refractivity contribution is 0.0745. The minimum Gasteiger partial charge on any atom is -0.497 e. The molecule has 0 atom stereocenters. The summed E-state index contributed by atoms with van der Waals surface area (Å²) in [6.45, 7) is 4.85. The van der Waals surface area contributed by atoms with E-state index >= 15 is 0 Å². The number of aromatic nitrogens is 2. The number of anilines is 1. The average Bonchev–Trinajstić information content (AvgIpc) is 2.67. The zero-order valence-electron chi connectivity index (χ0n) is 14.7. The maximum atomic E-state index is 12.8. The molecule has 0 unspecified atom stereocenters. The number of amides is 1. The van der Waals surface area contributed by atoms with Gasteiger partial charge in [0.15, 0.2) is 5.16 Å². The van der Waals surface area contributed by atoms with Gasteiger partial charge in [0, 0.05) is 38.1 Å². The fourth-order valence-corrected chi connectivity index (χ4v) is 3.27. The summed E-state index contributed by atoms with van der Waals surface area (Å²) in [5.74, 6) is 0.862. The molecule has 25 heavy (non-hydrogen) atoms. The Bertz CT molecular complexity index is 743. The molecule has 6 nitrogen and oxygen atoms in total. The van der Waals surface area contributed by atoms with E-state index in [4.69, 9.17) is 4.74 Å². The monoisotopic (exact) mass is 358 g/mol. The van der Waals surface area contributed by atoms with Crippen LogP contribution in [0.25, 0.3) is 0 Å². The number of methoxy groups -OCH3 is 1. The number of piperazine rings is 1. The first-order valence-corrected chi connectivity index (χ1v) is 9.40. The van der Waals surface area contributed by atoms with Crippen molar-refractivity contribution in [2.75, 3.05) is 44.4 Å². The first-order chi connectivity index (χ1) is 12.1. The molecule has 1 fully saturated rings. The smallest absolute Gasteiger partial charge is 0.257 e. The fourth-order valence-electron chi connectivity index (χ4n) is 2.89. The zero-order valence-corrected chi connectivity index (χ0v) is 15.5. The van der Waals surface area contributed by atoms with Crippen LogP contribution in [0.4, 0.5) is 5.69 Å². The van der Waals surface area contributed by atoms with E-state index in [2.05, 4.69) is 27.0 Å². The molecule has 0 aliphatic carbocycles. The number of hydrogen-bond donors (Lipinski definition) is 0. The predicted octanol–water partition coefficient (Wildman–Crippen LogP) is 2.48. The van der Waals surface area contributed by atoms with Crippen LogP contribution in [0.15, 0.2) is 35.6 Å². The van der Waals surface area contributed by atoms with Crippen molar-refractivity contribution in [1.82, 2.24) is 14.9 Å². The summed E-state index contributed by atoms with van der Waals surface area (Å²) in [6, 6.07) is 8.02. The molecule has 132 valence electrons. The maximum absolute atomic E-state index is 12.8. The highest BCUT2D eigenvalue weighted by Gasteiger charge is 2.24.